The van der Waals surface area contributed by atoms with E-state index in [1.165, 1.54) is 0 Å². The minimum atomic E-state index is -0.432. The molecule has 3 heteroatoms. The maximum atomic E-state index is 13.3. The number of benzene rings is 1. The third-order valence-corrected chi connectivity index (χ3v) is 2.01. The van der Waals surface area contributed by atoms with Gasteiger partial charge in [-0.25, -0.2) is 14.4 Å². The standard InChI is InChI=1S/C10H3FN2/c11-9-3-6-1-2-8(9)10-12-4-7(6)5-13-10/h1,4-5H. The predicted octanol–water partition coefficient (Wildman–Crippen LogP) is 1.86. The molecule has 0 saturated heterocycles. The summed E-state index contributed by atoms with van der Waals surface area (Å²) in [5, 5.41) is 0. The number of hydrogen-bond donors (Lipinski definition) is 0. The molecule has 60 valence electrons. The van der Waals surface area contributed by atoms with Crippen molar-refractivity contribution in [2.75, 3.05) is 0 Å². The zero-order valence-electron chi connectivity index (χ0n) is 6.50. The second kappa shape index (κ2) is 2.13. The van der Waals surface area contributed by atoms with Crippen LogP contribution in [0.1, 0.15) is 0 Å². The van der Waals surface area contributed by atoms with Crippen molar-refractivity contribution in [2.45, 2.75) is 0 Å². The second-order valence-electron chi connectivity index (χ2n) is 2.81. The zero-order chi connectivity index (χ0) is 8.84. The molecule has 0 atom stereocenters. The fourth-order valence-corrected chi connectivity index (χ4v) is 1.34. The van der Waals surface area contributed by atoms with Crippen LogP contribution in [0.5, 0.6) is 0 Å². The van der Waals surface area contributed by atoms with E-state index in [0.717, 1.165) is 5.56 Å². The average molecular weight is 170 g/mol. The SMILES string of the molecule is Fc1[c]c2c[c]c1-c1ncc-2cn1. The van der Waals surface area contributed by atoms with E-state index in [0.29, 0.717) is 11.4 Å². The number of rotatable bonds is 0. The van der Waals surface area contributed by atoms with Gasteiger partial charge in [-0.15, -0.1) is 0 Å². The Kier molecular flexibility index (Phi) is 1.10. The molecule has 2 nitrogen and oxygen atoms in total. The van der Waals surface area contributed by atoms with Crippen LogP contribution in [-0.2, 0) is 0 Å². The Bertz CT molecular complexity index is 477. The second-order valence-corrected chi connectivity index (χ2v) is 2.81. The molecular formula is C10H3FN2. The molecule has 6 rings (SSSR count). The first-order chi connectivity index (χ1) is 6.34. The summed E-state index contributed by atoms with van der Waals surface area (Å²) in [6.07, 6.45) is 3.32. The van der Waals surface area contributed by atoms with E-state index in [9.17, 15) is 4.39 Å². The van der Waals surface area contributed by atoms with Crippen LogP contribution in [0.2, 0.25) is 0 Å². The molecule has 0 unspecified atom stereocenters. The maximum absolute atomic E-state index is 13.3. The lowest BCUT2D eigenvalue weighted by atomic mass is 10.0. The van der Waals surface area contributed by atoms with Gasteiger partial charge in [-0.3, -0.25) is 0 Å². The Morgan fingerprint density at radius 1 is 1.23 bits per heavy atom. The molecule has 1 aromatic heterocycles. The highest BCUT2D eigenvalue weighted by atomic mass is 19.1. The summed E-state index contributed by atoms with van der Waals surface area (Å²) in [6.45, 7) is 0. The lowest BCUT2D eigenvalue weighted by Gasteiger charge is -2.09. The Labute approximate surface area is 74.1 Å². The van der Waals surface area contributed by atoms with Crippen LogP contribution in [0.3, 0.4) is 0 Å². The van der Waals surface area contributed by atoms with Crippen LogP contribution in [0.25, 0.3) is 22.5 Å². The minimum Gasteiger partial charge on any atom is -0.236 e. The van der Waals surface area contributed by atoms with Crippen molar-refractivity contribution < 1.29 is 4.39 Å². The zero-order valence-corrected chi connectivity index (χ0v) is 6.50. The lowest BCUT2D eigenvalue weighted by Crippen LogP contribution is -1.98. The lowest BCUT2D eigenvalue weighted by molar-refractivity contribution is 0.627. The molecule has 0 fully saturated rings. The van der Waals surface area contributed by atoms with Gasteiger partial charge in [0.2, 0.25) is 0 Å². The molecule has 4 bridgehead atoms. The van der Waals surface area contributed by atoms with Crippen molar-refractivity contribution in [2.24, 2.45) is 0 Å². The van der Waals surface area contributed by atoms with Gasteiger partial charge in [0, 0.05) is 24.0 Å². The molecule has 4 aliphatic heterocycles. The van der Waals surface area contributed by atoms with Crippen molar-refractivity contribution in [3.8, 4) is 22.5 Å². The average Bonchev–Trinajstić information content (AvgIpc) is 2.13. The van der Waals surface area contributed by atoms with E-state index in [1.54, 1.807) is 18.5 Å². The smallest absolute Gasteiger partial charge is 0.162 e. The largest absolute Gasteiger partial charge is 0.236 e. The molecule has 2 radical (unpaired) electrons. The van der Waals surface area contributed by atoms with E-state index < -0.39 is 5.82 Å². The van der Waals surface area contributed by atoms with E-state index in [1.807, 2.05) is 0 Å². The Hall–Kier alpha value is -1.77. The van der Waals surface area contributed by atoms with Gasteiger partial charge >= 0.3 is 0 Å². The molecule has 0 saturated carbocycles. The van der Waals surface area contributed by atoms with Gasteiger partial charge in [0.15, 0.2) is 5.82 Å². The first-order valence-corrected chi connectivity index (χ1v) is 3.81. The summed E-state index contributed by atoms with van der Waals surface area (Å²) in [7, 11) is 0. The van der Waals surface area contributed by atoms with Gasteiger partial charge < -0.3 is 0 Å². The van der Waals surface area contributed by atoms with Crippen molar-refractivity contribution >= 4 is 0 Å². The molecule has 1 aromatic carbocycles. The molecule has 4 aliphatic rings. The Balaban J connectivity index is 2.52. The van der Waals surface area contributed by atoms with E-state index >= 15 is 0 Å². The number of nitrogens with zero attached hydrogens (tertiary/aromatic N) is 2. The van der Waals surface area contributed by atoms with E-state index in [4.69, 9.17) is 0 Å². The van der Waals surface area contributed by atoms with Crippen LogP contribution >= 0.6 is 0 Å². The van der Waals surface area contributed by atoms with E-state index in [2.05, 4.69) is 22.1 Å². The summed E-state index contributed by atoms with van der Waals surface area (Å²) in [5.41, 5.74) is 1.70. The van der Waals surface area contributed by atoms with Crippen LogP contribution in [-0.4, -0.2) is 9.97 Å². The molecule has 13 heavy (non-hydrogen) atoms. The fraction of sp³-hybridized carbons (Fsp3) is 0. The first-order valence-electron chi connectivity index (χ1n) is 3.81. The Morgan fingerprint density at radius 3 is 2.69 bits per heavy atom. The summed E-state index contributed by atoms with van der Waals surface area (Å²) in [6, 6.07) is 7.12. The van der Waals surface area contributed by atoms with Gasteiger partial charge in [0.25, 0.3) is 0 Å². The summed E-state index contributed by atoms with van der Waals surface area (Å²) < 4.78 is 13.3. The number of hydrogen-bond acceptors (Lipinski definition) is 2. The monoisotopic (exact) mass is 170 g/mol. The summed E-state index contributed by atoms with van der Waals surface area (Å²) >= 11 is 0. The topological polar surface area (TPSA) is 25.8 Å². The molecule has 0 N–H and O–H groups in total. The van der Waals surface area contributed by atoms with E-state index in [-0.39, 0.29) is 5.56 Å². The molecule has 0 amide bonds. The number of halogens is 1. The summed E-state index contributed by atoms with van der Waals surface area (Å²) in [5.74, 6) is -0.0672. The van der Waals surface area contributed by atoms with Gasteiger partial charge in [0.1, 0.15) is 5.82 Å². The molecule has 5 heterocycles. The van der Waals surface area contributed by atoms with Crippen molar-refractivity contribution in [3.63, 3.8) is 0 Å². The molecular weight excluding hydrogens is 167 g/mol. The van der Waals surface area contributed by atoms with Gasteiger partial charge in [-0.1, -0.05) is 0 Å². The number of aromatic nitrogens is 2. The first kappa shape index (κ1) is 6.71. The van der Waals surface area contributed by atoms with Gasteiger partial charge in [0.05, 0.1) is 5.56 Å². The highest BCUT2D eigenvalue weighted by Gasteiger charge is 2.14. The van der Waals surface area contributed by atoms with Crippen molar-refractivity contribution in [1.82, 2.24) is 9.97 Å². The van der Waals surface area contributed by atoms with Gasteiger partial charge in [-0.2, -0.15) is 0 Å². The normalized spacial score (nSPS) is 11.5. The molecule has 0 spiro atoms. The van der Waals surface area contributed by atoms with Crippen LogP contribution in [0, 0.1) is 17.9 Å². The maximum Gasteiger partial charge on any atom is 0.162 e. The fourth-order valence-electron chi connectivity index (χ4n) is 1.34. The molecule has 2 aromatic rings. The van der Waals surface area contributed by atoms with Crippen molar-refractivity contribution in [3.05, 3.63) is 36.4 Å². The summed E-state index contributed by atoms with van der Waals surface area (Å²) in [4.78, 5) is 8.00. The predicted molar refractivity (Wildman–Crippen MR) is 44.1 cm³/mol. The minimum absolute atomic E-state index is 0.287. The van der Waals surface area contributed by atoms with Crippen LogP contribution in [0.4, 0.5) is 4.39 Å². The van der Waals surface area contributed by atoms with Crippen molar-refractivity contribution in [1.29, 1.82) is 0 Å². The van der Waals surface area contributed by atoms with Crippen LogP contribution < -0.4 is 0 Å². The quantitative estimate of drug-likeness (QED) is 0.514. The van der Waals surface area contributed by atoms with Gasteiger partial charge in [-0.05, 0) is 17.7 Å². The Morgan fingerprint density at radius 2 is 2.00 bits per heavy atom. The third kappa shape index (κ3) is 0.811. The highest BCUT2D eigenvalue weighted by molar-refractivity contribution is 5.69. The highest BCUT2D eigenvalue weighted by Crippen LogP contribution is 2.28. The van der Waals surface area contributed by atoms with Crippen LogP contribution in [0.15, 0.2) is 18.5 Å². The third-order valence-electron chi connectivity index (χ3n) is 2.01. The molecule has 0 aliphatic carbocycles.